The first kappa shape index (κ1) is 18.0. The number of carbonyl (C=O) groups excluding carboxylic acids is 2. The fraction of sp³-hybridized carbons (Fsp3) is 0.500. The van der Waals surface area contributed by atoms with Gasteiger partial charge in [0.1, 0.15) is 12.4 Å². The van der Waals surface area contributed by atoms with E-state index in [4.69, 9.17) is 0 Å². The summed E-state index contributed by atoms with van der Waals surface area (Å²) in [5, 5.41) is 5.85. The minimum Gasteiger partial charge on any atom is -0.355 e. The number of nitrogens with one attached hydrogen (secondary N) is 2. The summed E-state index contributed by atoms with van der Waals surface area (Å²) in [5.41, 5.74) is 1.73. The molecule has 0 aliphatic carbocycles. The number of para-hydroxylation sites is 2. The number of carbonyl (C=O) groups is 2. The molecule has 2 aromatic rings. The van der Waals surface area contributed by atoms with E-state index in [0.29, 0.717) is 18.8 Å². The van der Waals surface area contributed by atoms with E-state index in [1.54, 1.807) is 0 Å². The van der Waals surface area contributed by atoms with Gasteiger partial charge in [-0.15, -0.1) is 0 Å². The molecule has 0 saturated heterocycles. The van der Waals surface area contributed by atoms with Gasteiger partial charge in [-0.2, -0.15) is 0 Å². The summed E-state index contributed by atoms with van der Waals surface area (Å²) in [6.07, 6.45) is 2.18. The number of hydrogen-bond acceptors (Lipinski definition) is 3. The van der Waals surface area contributed by atoms with Gasteiger partial charge in [0.05, 0.1) is 17.1 Å². The molecule has 1 heterocycles. The van der Waals surface area contributed by atoms with E-state index < -0.39 is 0 Å². The van der Waals surface area contributed by atoms with E-state index in [9.17, 15) is 9.59 Å². The zero-order valence-corrected chi connectivity index (χ0v) is 14.6. The average molecular weight is 330 g/mol. The third kappa shape index (κ3) is 4.34. The topological polar surface area (TPSA) is 76.0 Å². The first-order chi connectivity index (χ1) is 11.6. The molecular weight excluding hydrogens is 304 g/mol. The molecule has 0 radical (unpaired) electrons. The number of hydrogen-bond donors (Lipinski definition) is 2. The van der Waals surface area contributed by atoms with Crippen LogP contribution in [0.5, 0.6) is 0 Å². The van der Waals surface area contributed by atoms with Gasteiger partial charge in [-0.3, -0.25) is 9.59 Å². The molecule has 1 unspecified atom stereocenters. The Morgan fingerprint density at radius 3 is 2.62 bits per heavy atom. The quantitative estimate of drug-likeness (QED) is 0.781. The zero-order valence-electron chi connectivity index (χ0n) is 14.6. The monoisotopic (exact) mass is 330 g/mol. The van der Waals surface area contributed by atoms with Crippen molar-refractivity contribution in [2.24, 2.45) is 0 Å². The van der Waals surface area contributed by atoms with Crippen molar-refractivity contribution in [1.29, 1.82) is 0 Å². The van der Waals surface area contributed by atoms with Gasteiger partial charge in [0.25, 0.3) is 0 Å². The van der Waals surface area contributed by atoms with Crippen molar-refractivity contribution in [2.75, 3.05) is 6.54 Å². The van der Waals surface area contributed by atoms with Crippen LogP contribution in [0.4, 0.5) is 0 Å². The molecule has 0 aliphatic rings. The molecule has 2 amide bonds. The molecule has 0 fully saturated rings. The van der Waals surface area contributed by atoms with Crippen LogP contribution in [0.15, 0.2) is 24.3 Å². The van der Waals surface area contributed by atoms with E-state index in [1.807, 2.05) is 49.6 Å². The van der Waals surface area contributed by atoms with Crippen molar-refractivity contribution >= 4 is 22.8 Å². The molecule has 2 N–H and O–H groups in total. The lowest BCUT2D eigenvalue weighted by atomic mass is 10.2. The van der Waals surface area contributed by atoms with Gasteiger partial charge in [-0.1, -0.05) is 26.0 Å². The predicted molar refractivity (Wildman–Crippen MR) is 94.5 cm³/mol. The maximum Gasteiger partial charge on any atom is 0.240 e. The number of amides is 2. The van der Waals surface area contributed by atoms with Gasteiger partial charge < -0.3 is 15.2 Å². The van der Waals surface area contributed by atoms with Gasteiger partial charge in [0.15, 0.2) is 0 Å². The number of benzene rings is 1. The third-order valence-corrected chi connectivity index (χ3v) is 3.80. The number of nitrogens with zero attached hydrogens (tertiary/aromatic N) is 2. The fourth-order valence-corrected chi connectivity index (χ4v) is 2.66. The lowest BCUT2D eigenvalue weighted by molar-refractivity contribution is -0.122. The van der Waals surface area contributed by atoms with Crippen molar-refractivity contribution in [3.8, 4) is 0 Å². The highest BCUT2D eigenvalue weighted by Crippen LogP contribution is 2.21. The Morgan fingerprint density at radius 2 is 1.92 bits per heavy atom. The summed E-state index contributed by atoms with van der Waals surface area (Å²) in [7, 11) is 0. The minimum atomic E-state index is -0.254. The zero-order chi connectivity index (χ0) is 17.5. The Kier molecular flexibility index (Phi) is 6.35. The second-order valence-electron chi connectivity index (χ2n) is 5.93. The lowest BCUT2D eigenvalue weighted by Crippen LogP contribution is -2.32. The van der Waals surface area contributed by atoms with Crippen LogP contribution < -0.4 is 10.6 Å². The number of rotatable bonds is 8. The summed E-state index contributed by atoms with van der Waals surface area (Å²) in [5.74, 6) is 0.652. The molecule has 1 aromatic heterocycles. The highest BCUT2D eigenvalue weighted by molar-refractivity contribution is 5.81. The largest absolute Gasteiger partial charge is 0.355 e. The first-order valence-corrected chi connectivity index (χ1v) is 8.58. The molecule has 0 saturated carbocycles. The van der Waals surface area contributed by atoms with Crippen molar-refractivity contribution in [2.45, 2.75) is 52.6 Å². The molecule has 0 bridgehead atoms. The van der Waals surface area contributed by atoms with Gasteiger partial charge in [0.2, 0.25) is 11.8 Å². The van der Waals surface area contributed by atoms with Crippen LogP contribution in [0.25, 0.3) is 11.0 Å². The highest BCUT2D eigenvalue weighted by Gasteiger charge is 2.19. The molecule has 1 atom stereocenters. The van der Waals surface area contributed by atoms with Crippen LogP contribution in [-0.4, -0.2) is 27.9 Å². The van der Waals surface area contributed by atoms with Crippen molar-refractivity contribution < 1.29 is 9.59 Å². The van der Waals surface area contributed by atoms with Gasteiger partial charge in [-0.05, 0) is 31.9 Å². The van der Waals surface area contributed by atoms with Gasteiger partial charge >= 0.3 is 0 Å². The molecule has 6 nitrogen and oxygen atoms in total. The fourth-order valence-electron chi connectivity index (χ4n) is 2.66. The van der Waals surface area contributed by atoms with Crippen molar-refractivity contribution in [3.05, 3.63) is 30.1 Å². The maximum atomic E-state index is 12.2. The summed E-state index contributed by atoms with van der Waals surface area (Å²) < 4.78 is 1.89. The average Bonchev–Trinajstić information content (AvgIpc) is 2.92. The van der Waals surface area contributed by atoms with Crippen LogP contribution in [0.2, 0.25) is 0 Å². The normalized spacial score (nSPS) is 12.1. The molecule has 1 aromatic carbocycles. The molecule has 6 heteroatoms. The van der Waals surface area contributed by atoms with E-state index in [2.05, 4.69) is 15.6 Å². The lowest BCUT2D eigenvalue weighted by Gasteiger charge is -2.16. The van der Waals surface area contributed by atoms with E-state index in [1.165, 1.54) is 0 Å². The van der Waals surface area contributed by atoms with Crippen LogP contribution in [-0.2, 0) is 16.1 Å². The number of fused-ring (bicyclic) bond motifs is 1. The van der Waals surface area contributed by atoms with E-state index >= 15 is 0 Å². The van der Waals surface area contributed by atoms with Gasteiger partial charge in [0, 0.05) is 13.0 Å². The summed E-state index contributed by atoms with van der Waals surface area (Å²) in [4.78, 5) is 28.7. The summed E-state index contributed by atoms with van der Waals surface area (Å²) in [6.45, 7) is 6.74. The SMILES string of the molecule is CCCNC(=O)Cn1c(C(C)NC(=O)CCC)nc2ccccc21. The third-order valence-electron chi connectivity index (χ3n) is 3.80. The Balaban J connectivity index is 2.29. The second-order valence-corrected chi connectivity index (χ2v) is 5.93. The van der Waals surface area contributed by atoms with Gasteiger partial charge in [-0.25, -0.2) is 4.98 Å². The van der Waals surface area contributed by atoms with Crippen LogP contribution >= 0.6 is 0 Å². The van der Waals surface area contributed by atoms with Crippen LogP contribution in [0.1, 0.15) is 51.9 Å². The molecular formula is C18H26N4O2. The Bertz CT molecular complexity index is 708. The molecule has 130 valence electrons. The Morgan fingerprint density at radius 1 is 1.17 bits per heavy atom. The summed E-state index contributed by atoms with van der Waals surface area (Å²) >= 11 is 0. The molecule has 2 rings (SSSR count). The molecule has 0 aliphatic heterocycles. The Labute approximate surface area is 142 Å². The smallest absolute Gasteiger partial charge is 0.240 e. The van der Waals surface area contributed by atoms with E-state index in [0.717, 1.165) is 23.9 Å². The first-order valence-electron chi connectivity index (χ1n) is 8.58. The number of imidazole rings is 1. The molecule has 0 spiro atoms. The Hall–Kier alpha value is -2.37. The molecule has 24 heavy (non-hydrogen) atoms. The van der Waals surface area contributed by atoms with Crippen molar-refractivity contribution in [3.63, 3.8) is 0 Å². The number of aromatic nitrogens is 2. The van der Waals surface area contributed by atoms with Crippen LogP contribution in [0.3, 0.4) is 0 Å². The second kappa shape index (κ2) is 8.47. The van der Waals surface area contributed by atoms with E-state index in [-0.39, 0.29) is 24.4 Å². The standard InChI is InChI=1S/C18H26N4O2/c1-4-8-16(23)20-13(3)18-21-14-9-6-7-10-15(14)22(18)12-17(24)19-11-5-2/h6-7,9-10,13H,4-5,8,11-12H2,1-3H3,(H,19,24)(H,20,23). The predicted octanol–water partition coefficient (Wildman–Crippen LogP) is 2.54. The van der Waals surface area contributed by atoms with Crippen LogP contribution in [0, 0.1) is 0 Å². The highest BCUT2D eigenvalue weighted by atomic mass is 16.2. The maximum absolute atomic E-state index is 12.2. The summed E-state index contributed by atoms with van der Waals surface area (Å²) in [6, 6.07) is 7.45. The minimum absolute atomic E-state index is 0.000888. The van der Waals surface area contributed by atoms with Crippen molar-refractivity contribution in [1.82, 2.24) is 20.2 Å².